The van der Waals surface area contributed by atoms with Crippen LogP contribution in [0.25, 0.3) is 0 Å². The van der Waals surface area contributed by atoms with Crippen LogP contribution in [0.4, 0.5) is 5.69 Å². The first-order chi connectivity index (χ1) is 15.9. The quantitative estimate of drug-likeness (QED) is 0.218. The molecule has 176 valence electrons. The Morgan fingerprint density at radius 1 is 0.939 bits per heavy atom. The Kier molecular flexibility index (Phi) is 7.00. The molecule has 2 aliphatic rings. The van der Waals surface area contributed by atoms with E-state index in [4.69, 9.17) is 13.8 Å². The molecular weight excluding hydrogens is 447 g/mol. The van der Waals surface area contributed by atoms with Crippen LogP contribution in [0, 0.1) is 10.1 Å². The maximum Gasteiger partial charge on any atom is 0.513 e. The third-order valence-electron chi connectivity index (χ3n) is 6.02. The predicted octanol–water partition coefficient (Wildman–Crippen LogP) is 5.55. The number of rotatable bonds is 9. The number of hydrogen-bond donors (Lipinski definition) is 1. The van der Waals surface area contributed by atoms with Gasteiger partial charge in [-0.05, 0) is 69.2 Å². The summed E-state index contributed by atoms with van der Waals surface area (Å²) in [5.41, 5.74) is -1.29. The zero-order valence-electron chi connectivity index (χ0n) is 18.2. The number of para-hydroxylation sites is 1. The molecule has 0 aromatic heterocycles. The highest BCUT2D eigenvalue weighted by Crippen LogP contribution is 2.50. The second kappa shape index (κ2) is 9.93. The Bertz CT molecular complexity index is 1020. The number of carbonyl (C=O) groups excluding carboxylic acids is 1. The summed E-state index contributed by atoms with van der Waals surface area (Å²) in [6.07, 6.45) is 6.40. The summed E-state index contributed by atoms with van der Waals surface area (Å²) in [7, 11) is -4.12. The summed E-state index contributed by atoms with van der Waals surface area (Å²) in [5, 5.41) is 13.8. The summed E-state index contributed by atoms with van der Waals surface area (Å²) in [5.74, 6) is -0.0299. The molecule has 1 unspecified atom stereocenters. The van der Waals surface area contributed by atoms with E-state index in [1.165, 1.54) is 24.3 Å². The number of benzene rings is 2. The van der Waals surface area contributed by atoms with Gasteiger partial charge in [-0.3, -0.25) is 14.9 Å². The van der Waals surface area contributed by atoms with E-state index >= 15 is 0 Å². The summed E-state index contributed by atoms with van der Waals surface area (Å²) < 4.78 is 31.1. The van der Waals surface area contributed by atoms with Crippen molar-refractivity contribution < 1.29 is 28.1 Å². The number of non-ortho nitro benzene ring substituents is 1. The second-order valence-corrected chi connectivity index (χ2v) is 10.0. The van der Waals surface area contributed by atoms with Crippen LogP contribution in [0.3, 0.4) is 0 Å². The number of hydrogen-bond acceptors (Lipinski definition) is 7. The number of nitrogens with one attached hydrogen (secondary N) is 1. The van der Waals surface area contributed by atoms with Gasteiger partial charge in [0.15, 0.2) is 0 Å². The minimum Gasteiger partial charge on any atom is -0.461 e. The van der Waals surface area contributed by atoms with E-state index in [0.29, 0.717) is 18.6 Å². The van der Waals surface area contributed by atoms with E-state index in [2.05, 4.69) is 5.09 Å². The normalized spacial score (nSPS) is 19.5. The first kappa shape index (κ1) is 23.3. The molecule has 1 N–H and O–H groups in total. The van der Waals surface area contributed by atoms with Gasteiger partial charge in [-0.2, -0.15) is 5.09 Å². The van der Waals surface area contributed by atoms with Gasteiger partial charge in [0, 0.05) is 12.1 Å². The van der Waals surface area contributed by atoms with E-state index < -0.39 is 24.2 Å². The molecule has 0 aliphatic heterocycles. The van der Waals surface area contributed by atoms with Crippen LogP contribution >= 0.6 is 7.75 Å². The van der Waals surface area contributed by atoms with Crippen molar-refractivity contribution in [3.05, 3.63) is 64.7 Å². The van der Waals surface area contributed by atoms with Crippen LogP contribution in [-0.4, -0.2) is 22.5 Å². The number of nitrogens with zero attached hydrogens (tertiary/aromatic N) is 1. The molecule has 0 heterocycles. The lowest BCUT2D eigenvalue weighted by Crippen LogP contribution is -2.58. The van der Waals surface area contributed by atoms with Crippen molar-refractivity contribution in [1.29, 1.82) is 0 Å². The average molecular weight is 474 g/mol. The molecular formula is C23H27N2O7P. The molecule has 0 amide bonds. The number of carbonyl (C=O) groups is 1. The Morgan fingerprint density at radius 2 is 1.55 bits per heavy atom. The highest BCUT2D eigenvalue weighted by atomic mass is 31.2. The second-order valence-electron chi connectivity index (χ2n) is 8.46. The fourth-order valence-electron chi connectivity index (χ4n) is 4.05. The molecule has 2 aromatic rings. The molecule has 0 spiro atoms. The molecule has 10 heteroatoms. The van der Waals surface area contributed by atoms with Crippen LogP contribution in [0.2, 0.25) is 0 Å². The lowest BCUT2D eigenvalue weighted by Gasteiger charge is -2.42. The third kappa shape index (κ3) is 5.72. The number of ether oxygens (including phenoxy) is 1. The minimum atomic E-state index is -4.12. The topological polar surface area (TPSA) is 117 Å². The van der Waals surface area contributed by atoms with Crippen LogP contribution < -0.4 is 14.1 Å². The lowest BCUT2D eigenvalue weighted by atomic mass is 9.77. The molecule has 0 radical (unpaired) electrons. The first-order valence-corrected chi connectivity index (χ1v) is 12.7. The van der Waals surface area contributed by atoms with E-state index in [9.17, 15) is 19.5 Å². The third-order valence-corrected chi connectivity index (χ3v) is 7.62. The Morgan fingerprint density at radius 3 is 2.09 bits per heavy atom. The average Bonchev–Trinajstić information content (AvgIpc) is 2.78. The maximum absolute atomic E-state index is 13.9. The maximum atomic E-state index is 13.9. The lowest BCUT2D eigenvalue weighted by molar-refractivity contribution is -0.384. The monoisotopic (exact) mass is 474 g/mol. The van der Waals surface area contributed by atoms with Gasteiger partial charge >= 0.3 is 13.7 Å². The van der Waals surface area contributed by atoms with Crippen molar-refractivity contribution in [3.63, 3.8) is 0 Å². The van der Waals surface area contributed by atoms with Crippen molar-refractivity contribution in [2.24, 2.45) is 0 Å². The summed E-state index contributed by atoms with van der Waals surface area (Å²) in [4.78, 5) is 23.5. The summed E-state index contributed by atoms with van der Waals surface area (Å²) in [6, 6.07) is 13.7. The zero-order valence-corrected chi connectivity index (χ0v) is 19.1. The molecule has 1 atom stereocenters. The smallest absolute Gasteiger partial charge is 0.461 e. The minimum absolute atomic E-state index is 0.113. The standard InChI is InChI=1S/C23H27N2O7P/c26-22(30-19-8-3-1-4-9-19)23(16-7-17-23)24-33(29,31-20-10-5-2-6-11-20)32-21-14-12-18(13-15-21)25(27)28/h2,5-6,10-15,19H,1,3-4,7-9,16-17H2,(H,24,29). The van der Waals surface area contributed by atoms with Crippen molar-refractivity contribution in [2.45, 2.75) is 63.0 Å². The van der Waals surface area contributed by atoms with Crippen molar-refractivity contribution in [3.8, 4) is 11.5 Å². The van der Waals surface area contributed by atoms with E-state index in [-0.39, 0.29) is 17.5 Å². The van der Waals surface area contributed by atoms with Gasteiger partial charge in [-0.1, -0.05) is 24.6 Å². The SMILES string of the molecule is O=C(OC1CCCCC1)C1(NP(=O)(Oc2ccccc2)Oc2ccc([N+](=O)[O-])cc2)CCC1. The molecule has 4 rings (SSSR count). The Hall–Kier alpha value is -2.90. The van der Waals surface area contributed by atoms with Gasteiger partial charge in [0.05, 0.1) is 4.92 Å². The fourth-order valence-corrected chi connectivity index (χ4v) is 5.82. The molecule has 2 aliphatic carbocycles. The van der Waals surface area contributed by atoms with Crippen molar-refractivity contribution >= 4 is 19.4 Å². The van der Waals surface area contributed by atoms with E-state index in [0.717, 1.165) is 38.5 Å². The number of nitro groups is 1. The van der Waals surface area contributed by atoms with Gasteiger partial charge in [-0.25, -0.2) is 4.57 Å². The molecule has 2 fully saturated rings. The highest BCUT2D eigenvalue weighted by Gasteiger charge is 2.52. The van der Waals surface area contributed by atoms with Gasteiger partial charge in [-0.15, -0.1) is 0 Å². The first-order valence-electron chi connectivity index (χ1n) is 11.2. The van der Waals surface area contributed by atoms with Gasteiger partial charge in [0.1, 0.15) is 23.1 Å². The van der Waals surface area contributed by atoms with Gasteiger partial charge < -0.3 is 13.8 Å². The van der Waals surface area contributed by atoms with Crippen molar-refractivity contribution in [1.82, 2.24) is 5.09 Å². The number of nitro benzene ring substituents is 1. The van der Waals surface area contributed by atoms with Crippen molar-refractivity contribution in [2.75, 3.05) is 0 Å². The predicted molar refractivity (Wildman–Crippen MR) is 121 cm³/mol. The molecule has 9 nitrogen and oxygen atoms in total. The molecule has 2 aromatic carbocycles. The molecule has 33 heavy (non-hydrogen) atoms. The summed E-state index contributed by atoms with van der Waals surface area (Å²) >= 11 is 0. The van der Waals surface area contributed by atoms with Gasteiger partial charge in [0.2, 0.25) is 0 Å². The van der Waals surface area contributed by atoms with Crippen LogP contribution in [0.15, 0.2) is 54.6 Å². The largest absolute Gasteiger partial charge is 0.513 e. The zero-order chi connectivity index (χ0) is 23.3. The molecule has 2 saturated carbocycles. The van der Waals surface area contributed by atoms with Crippen LogP contribution in [0.1, 0.15) is 51.4 Å². The Labute approximate surface area is 192 Å². The van der Waals surface area contributed by atoms with E-state index in [1.54, 1.807) is 30.3 Å². The van der Waals surface area contributed by atoms with E-state index in [1.807, 2.05) is 0 Å². The fraction of sp³-hybridized carbons (Fsp3) is 0.435. The van der Waals surface area contributed by atoms with Gasteiger partial charge in [0.25, 0.3) is 5.69 Å². The molecule has 0 bridgehead atoms. The molecule has 0 saturated heterocycles. The van der Waals surface area contributed by atoms with Crippen LogP contribution in [0.5, 0.6) is 11.5 Å². The van der Waals surface area contributed by atoms with Crippen LogP contribution in [-0.2, 0) is 14.1 Å². The number of esters is 1. The highest BCUT2D eigenvalue weighted by molar-refractivity contribution is 7.52. The Balaban J connectivity index is 1.55. The summed E-state index contributed by atoms with van der Waals surface area (Å²) in [6.45, 7) is 0.